The molecule has 7 heteroatoms. The van der Waals surface area contributed by atoms with Gasteiger partial charge in [0.25, 0.3) is 0 Å². The molecule has 2 atom stereocenters. The van der Waals surface area contributed by atoms with Crippen LogP contribution in [0.3, 0.4) is 0 Å². The predicted octanol–water partition coefficient (Wildman–Crippen LogP) is 2.26. The second kappa shape index (κ2) is 6.12. The first-order valence-corrected chi connectivity index (χ1v) is 8.13. The third-order valence-electron chi connectivity index (χ3n) is 4.02. The van der Waals surface area contributed by atoms with Crippen molar-refractivity contribution in [3.8, 4) is 0 Å². The Balaban J connectivity index is 0.00000144. The van der Waals surface area contributed by atoms with Crippen molar-refractivity contribution in [1.29, 1.82) is 0 Å². The Bertz CT molecular complexity index is 701. The number of aliphatic hydroxyl groups excluding tert-OH is 1. The maximum Gasteiger partial charge on any atom is 0.241 e. The van der Waals surface area contributed by atoms with E-state index < -0.39 is 6.10 Å². The van der Waals surface area contributed by atoms with E-state index >= 15 is 0 Å². The molecule has 1 aromatic heterocycles. The van der Waals surface area contributed by atoms with Crippen molar-refractivity contribution in [3.05, 3.63) is 23.2 Å². The molecule has 0 spiro atoms. The molecule has 22 heavy (non-hydrogen) atoms. The second-order valence-electron chi connectivity index (χ2n) is 5.85. The average molecular weight is 340 g/mol. The summed E-state index contributed by atoms with van der Waals surface area (Å²) in [5.41, 5.74) is 1.80. The Morgan fingerprint density at radius 2 is 2.23 bits per heavy atom. The zero-order valence-electron chi connectivity index (χ0n) is 11.9. The van der Waals surface area contributed by atoms with E-state index in [1.165, 1.54) is 17.8 Å². The summed E-state index contributed by atoms with van der Waals surface area (Å²) in [6, 6.07) is 5.54. The number of amides is 1. The number of aromatic nitrogens is 1. The topological polar surface area (TPSA) is 74.2 Å². The fourth-order valence-electron chi connectivity index (χ4n) is 2.67. The number of hydrogen-bond acceptors (Lipinski definition) is 5. The molecule has 0 radical (unpaired) electrons. The minimum atomic E-state index is -0.425. The van der Waals surface area contributed by atoms with E-state index in [-0.39, 0.29) is 24.4 Å². The van der Waals surface area contributed by atoms with E-state index in [2.05, 4.69) is 15.6 Å². The zero-order valence-corrected chi connectivity index (χ0v) is 13.5. The highest BCUT2D eigenvalue weighted by atomic mass is 35.5. The van der Waals surface area contributed by atoms with Gasteiger partial charge in [0.15, 0.2) is 0 Å². The standard InChI is InChI=1S/C15H17N3O2S.ClH/c19-10-6-12(16-7-10)14(20)17-9-3-4-11-13(5-9)21-15(18-11)8-1-2-8;/h3-5,8,10,12,16,19H,1-2,6-7H2,(H,17,20);1H. The molecule has 5 nitrogen and oxygen atoms in total. The van der Waals surface area contributed by atoms with Crippen LogP contribution < -0.4 is 10.6 Å². The summed E-state index contributed by atoms with van der Waals surface area (Å²) in [6.07, 6.45) is 2.55. The lowest BCUT2D eigenvalue weighted by Crippen LogP contribution is -2.35. The minimum Gasteiger partial charge on any atom is -0.392 e. The van der Waals surface area contributed by atoms with Crippen LogP contribution in [0.2, 0.25) is 0 Å². The molecule has 118 valence electrons. The van der Waals surface area contributed by atoms with Gasteiger partial charge in [-0.1, -0.05) is 0 Å². The predicted molar refractivity (Wildman–Crippen MR) is 89.9 cm³/mol. The maximum atomic E-state index is 12.1. The molecule has 1 saturated carbocycles. The van der Waals surface area contributed by atoms with Crippen LogP contribution in [0.25, 0.3) is 10.2 Å². The number of thiazole rings is 1. The van der Waals surface area contributed by atoms with E-state index in [0.717, 1.165) is 15.9 Å². The maximum absolute atomic E-state index is 12.1. The SMILES string of the molecule is Cl.O=C(Nc1ccc2nc(C3CC3)sc2c1)C1CC(O)CN1. The van der Waals surface area contributed by atoms with Gasteiger partial charge in [0.2, 0.25) is 5.91 Å². The van der Waals surface area contributed by atoms with Gasteiger partial charge >= 0.3 is 0 Å². The highest BCUT2D eigenvalue weighted by Gasteiger charge is 2.28. The van der Waals surface area contributed by atoms with Crippen molar-refractivity contribution < 1.29 is 9.90 Å². The lowest BCUT2D eigenvalue weighted by atomic mass is 10.2. The molecular formula is C15H18ClN3O2S. The number of hydrogen-bond donors (Lipinski definition) is 3. The fraction of sp³-hybridized carbons (Fsp3) is 0.467. The van der Waals surface area contributed by atoms with Crippen LogP contribution in [0.5, 0.6) is 0 Å². The van der Waals surface area contributed by atoms with Crippen LogP contribution >= 0.6 is 23.7 Å². The molecule has 0 bridgehead atoms. The van der Waals surface area contributed by atoms with Gasteiger partial charge in [-0.05, 0) is 37.5 Å². The number of benzene rings is 1. The van der Waals surface area contributed by atoms with E-state index in [1.54, 1.807) is 11.3 Å². The summed E-state index contributed by atoms with van der Waals surface area (Å²) in [6.45, 7) is 0.483. The van der Waals surface area contributed by atoms with Gasteiger partial charge in [0.1, 0.15) is 0 Å². The summed E-state index contributed by atoms with van der Waals surface area (Å²) in [5, 5.41) is 16.6. The minimum absolute atomic E-state index is 0. The van der Waals surface area contributed by atoms with Gasteiger partial charge in [-0.3, -0.25) is 4.79 Å². The Labute approximate surface area is 138 Å². The number of carbonyl (C=O) groups excluding carboxylic acids is 1. The van der Waals surface area contributed by atoms with Crippen molar-refractivity contribution >= 4 is 45.6 Å². The normalized spacial score (nSPS) is 24.2. The van der Waals surface area contributed by atoms with Crippen molar-refractivity contribution in [2.75, 3.05) is 11.9 Å². The van der Waals surface area contributed by atoms with Crippen LogP contribution in [0.4, 0.5) is 5.69 Å². The molecule has 2 aliphatic rings. The Hall–Kier alpha value is -1.21. The van der Waals surface area contributed by atoms with Gasteiger partial charge in [-0.25, -0.2) is 4.98 Å². The molecule has 4 rings (SSSR count). The number of carbonyl (C=O) groups is 1. The smallest absolute Gasteiger partial charge is 0.241 e. The van der Waals surface area contributed by atoms with Crippen LogP contribution in [-0.4, -0.2) is 34.7 Å². The van der Waals surface area contributed by atoms with E-state index in [9.17, 15) is 9.90 Å². The summed E-state index contributed by atoms with van der Waals surface area (Å²) < 4.78 is 1.12. The van der Waals surface area contributed by atoms with Gasteiger partial charge in [-0.2, -0.15) is 0 Å². The summed E-state index contributed by atoms with van der Waals surface area (Å²) in [7, 11) is 0. The third kappa shape index (κ3) is 3.10. The molecule has 3 N–H and O–H groups in total. The summed E-state index contributed by atoms with van der Waals surface area (Å²) >= 11 is 1.72. The number of β-amino-alcohol motifs (C(OH)–C–C–N with tert-alkyl or cyclic N) is 1. The van der Waals surface area contributed by atoms with Gasteiger partial charge in [-0.15, -0.1) is 23.7 Å². The van der Waals surface area contributed by atoms with Crippen LogP contribution in [0, 0.1) is 0 Å². The molecule has 1 amide bonds. The highest BCUT2D eigenvalue weighted by molar-refractivity contribution is 7.18. The second-order valence-corrected chi connectivity index (χ2v) is 6.91. The molecule has 2 heterocycles. The number of aliphatic hydroxyl groups is 1. The Kier molecular flexibility index (Phi) is 4.36. The van der Waals surface area contributed by atoms with E-state index in [4.69, 9.17) is 0 Å². The number of fused-ring (bicyclic) bond motifs is 1. The van der Waals surface area contributed by atoms with Crippen molar-refractivity contribution in [2.24, 2.45) is 0 Å². The first-order valence-electron chi connectivity index (χ1n) is 7.32. The molecule has 2 fully saturated rings. The highest BCUT2D eigenvalue weighted by Crippen LogP contribution is 2.43. The molecule has 2 aromatic rings. The van der Waals surface area contributed by atoms with Crippen molar-refractivity contribution in [3.63, 3.8) is 0 Å². The number of rotatable bonds is 3. The molecular weight excluding hydrogens is 322 g/mol. The van der Waals surface area contributed by atoms with E-state index in [1.807, 2.05) is 18.2 Å². The van der Waals surface area contributed by atoms with Gasteiger partial charge < -0.3 is 15.7 Å². The van der Waals surface area contributed by atoms with Crippen LogP contribution in [0.1, 0.15) is 30.2 Å². The first kappa shape index (κ1) is 15.7. The van der Waals surface area contributed by atoms with Crippen LogP contribution in [0.15, 0.2) is 18.2 Å². The van der Waals surface area contributed by atoms with Crippen LogP contribution in [-0.2, 0) is 4.79 Å². The molecule has 1 aromatic carbocycles. The largest absolute Gasteiger partial charge is 0.392 e. The summed E-state index contributed by atoms with van der Waals surface area (Å²) in [4.78, 5) is 16.8. The number of nitrogens with one attached hydrogen (secondary N) is 2. The van der Waals surface area contributed by atoms with Crippen molar-refractivity contribution in [1.82, 2.24) is 10.3 Å². The zero-order chi connectivity index (χ0) is 14.4. The lowest BCUT2D eigenvalue weighted by Gasteiger charge is -2.10. The molecule has 1 aliphatic carbocycles. The molecule has 1 aliphatic heterocycles. The summed E-state index contributed by atoms with van der Waals surface area (Å²) in [5.74, 6) is 0.572. The van der Waals surface area contributed by atoms with Gasteiger partial charge in [0.05, 0.1) is 27.4 Å². The quantitative estimate of drug-likeness (QED) is 0.802. The third-order valence-corrected chi connectivity index (χ3v) is 5.20. The monoisotopic (exact) mass is 339 g/mol. The van der Waals surface area contributed by atoms with E-state index in [0.29, 0.717) is 18.9 Å². The van der Waals surface area contributed by atoms with Crippen molar-refractivity contribution in [2.45, 2.75) is 37.3 Å². The molecule has 1 saturated heterocycles. The Morgan fingerprint density at radius 1 is 1.41 bits per heavy atom. The first-order chi connectivity index (χ1) is 10.2. The number of nitrogens with zero attached hydrogens (tertiary/aromatic N) is 1. The Morgan fingerprint density at radius 3 is 2.91 bits per heavy atom. The number of halogens is 1. The average Bonchev–Trinajstić information content (AvgIpc) is 3.09. The lowest BCUT2D eigenvalue weighted by molar-refractivity contribution is -0.117. The van der Waals surface area contributed by atoms with Gasteiger partial charge in [0, 0.05) is 18.2 Å². The fourth-order valence-corrected chi connectivity index (χ4v) is 3.85. The molecule has 2 unspecified atom stereocenters. The number of anilines is 1.